The number of carboxylic acid groups (broad SMARTS) is 1. The number of aliphatic carboxylic acids is 1. The van der Waals surface area contributed by atoms with Gasteiger partial charge in [0.15, 0.2) is 0 Å². The minimum Gasteiger partial charge on any atom is -0.481 e. The van der Waals surface area contributed by atoms with Crippen molar-refractivity contribution in [3.8, 4) is 0 Å². The number of allylic oxidation sites excluding steroid dienone is 8. The molecule has 0 spiro atoms. The Hall–Kier alpha value is -1.91. The summed E-state index contributed by atoms with van der Waals surface area (Å²) in [6, 6.07) is 0. The molecule has 1 unspecified atom stereocenters. The van der Waals surface area contributed by atoms with E-state index in [4.69, 9.17) is 10.4 Å². The fourth-order valence-electron chi connectivity index (χ4n) is 1.83. The largest absolute Gasteiger partial charge is 0.481 e. The molecule has 0 saturated carbocycles. The van der Waals surface area contributed by atoms with Crippen LogP contribution in [0.2, 0.25) is 0 Å². The van der Waals surface area contributed by atoms with Crippen LogP contribution in [0.5, 0.6) is 0 Å². The second-order valence-corrected chi connectivity index (χ2v) is 5.27. The van der Waals surface area contributed by atoms with Crippen molar-refractivity contribution in [1.29, 1.82) is 0 Å². The summed E-state index contributed by atoms with van der Waals surface area (Å²) < 4.78 is 0. The lowest BCUT2D eigenvalue weighted by atomic mass is 10.2. The summed E-state index contributed by atoms with van der Waals surface area (Å²) >= 11 is 0. The van der Waals surface area contributed by atoms with E-state index in [1.807, 2.05) is 36.5 Å². The van der Waals surface area contributed by atoms with Crippen molar-refractivity contribution < 1.29 is 20.0 Å². The molecule has 0 aromatic carbocycles. The normalized spacial score (nSPS) is 14.1. The van der Waals surface area contributed by atoms with Crippen LogP contribution in [-0.4, -0.2) is 22.4 Å². The predicted molar refractivity (Wildman–Crippen MR) is 98.8 cm³/mol. The number of carbonyl (C=O) groups is 1. The summed E-state index contributed by atoms with van der Waals surface area (Å²) in [5, 5.41) is 17.4. The SMILES string of the molecule is CCC=CCC=CCC(/C=C/C=CCC=CCCCC(=O)O)OO. The zero-order chi connectivity index (χ0) is 17.9. The van der Waals surface area contributed by atoms with Gasteiger partial charge in [0.05, 0.1) is 0 Å². The fourth-order valence-corrected chi connectivity index (χ4v) is 1.83. The Morgan fingerprint density at radius 3 is 2.42 bits per heavy atom. The molecule has 0 aromatic heterocycles. The van der Waals surface area contributed by atoms with Crippen LogP contribution in [0.3, 0.4) is 0 Å². The summed E-state index contributed by atoms with van der Waals surface area (Å²) in [4.78, 5) is 14.8. The lowest BCUT2D eigenvalue weighted by molar-refractivity contribution is -0.264. The monoisotopic (exact) mass is 334 g/mol. The minimum absolute atomic E-state index is 0.217. The highest BCUT2D eigenvalue weighted by Gasteiger charge is 1.99. The van der Waals surface area contributed by atoms with Crippen LogP contribution >= 0.6 is 0 Å². The van der Waals surface area contributed by atoms with Crippen LogP contribution < -0.4 is 0 Å². The van der Waals surface area contributed by atoms with E-state index in [-0.39, 0.29) is 12.5 Å². The van der Waals surface area contributed by atoms with Gasteiger partial charge in [-0.3, -0.25) is 10.1 Å². The highest BCUT2D eigenvalue weighted by atomic mass is 17.1. The molecule has 0 aliphatic rings. The van der Waals surface area contributed by atoms with E-state index in [1.165, 1.54) is 0 Å². The summed E-state index contributed by atoms with van der Waals surface area (Å²) in [7, 11) is 0. The van der Waals surface area contributed by atoms with Gasteiger partial charge in [-0.25, -0.2) is 4.89 Å². The molecule has 0 heterocycles. The topological polar surface area (TPSA) is 66.8 Å². The van der Waals surface area contributed by atoms with Crippen molar-refractivity contribution in [3.05, 3.63) is 60.8 Å². The van der Waals surface area contributed by atoms with E-state index in [0.717, 1.165) is 25.7 Å². The summed E-state index contributed by atoms with van der Waals surface area (Å²) in [6.07, 6.45) is 24.5. The van der Waals surface area contributed by atoms with Gasteiger partial charge in [0.2, 0.25) is 0 Å². The molecule has 0 fully saturated rings. The molecular formula is C20H30O4. The first-order chi connectivity index (χ1) is 11.7. The molecule has 134 valence electrons. The van der Waals surface area contributed by atoms with Crippen molar-refractivity contribution in [3.63, 3.8) is 0 Å². The van der Waals surface area contributed by atoms with E-state index in [1.54, 1.807) is 6.08 Å². The lowest BCUT2D eigenvalue weighted by Crippen LogP contribution is -2.04. The van der Waals surface area contributed by atoms with Crippen molar-refractivity contribution in [2.24, 2.45) is 0 Å². The van der Waals surface area contributed by atoms with Crippen LogP contribution in [-0.2, 0) is 9.68 Å². The summed E-state index contributed by atoms with van der Waals surface area (Å²) in [5.74, 6) is -0.749. The minimum atomic E-state index is -0.749. The standard InChI is InChI=1S/C20H30O4/c1-2-3-4-5-10-13-16-19(24-23)17-14-11-8-6-7-9-12-15-18-20(21)22/h3-4,7-11,13-14,17,19,23H,2,5-6,12,15-16,18H2,1H3,(H,21,22)/b4-3?,9-7?,11-8?,13-10?,17-14+. The van der Waals surface area contributed by atoms with Gasteiger partial charge >= 0.3 is 5.97 Å². The van der Waals surface area contributed by atoms with E-state index in [0.29, 0.717) is 12.8 Å². The Morgan fingerprint density at radius 1 is 1.00 bits per heavy atom. The van der Waals surface area contributed by atoms with E-state index in [9.17, 15) is 4.79 Å². The zero-order valence-corrected chi connectivity index (χ0v) is 14.5. The van der Waals surface area contributed by atoms with Crippen LogP contribution in [0.4, 0.5) is 0 Å². The zero-order valence-electron chi connectivity index (χ0n) is 14.5. The Labute approximate surface area is 145 Å². The molecule has 24 heavy (non-hydrogen) atoms. The molecule has 0 amide bonds. The van der Waals surface area contributed by atoms with Crippen molar-refractivity contribution in [1.82, 2.24) is 0 Å². The maximum atomic E-state index is 10.3. The second-order valence-electron chi connectivity index (χ2n) is 5.27. The summed E-state index contributed by atoms with van der Waals surface area (Å²) in [5.41, 5.74) is 0. The van der Waals surface area contributed by atoms with Crippen molar-refractivity contribution in [2.75, 3.05) is 0 Å². The highest BCUT2D eigenvalue weighted by molar-refractivity contribution is 5.66. The van der Waals surface area contributed by atoms with Gasteiger partial charge in [0.25, 0.3) is 0 Å². The molecule has 0 aliphatic carbocycles. The molecule has 0 aromatic rings. The van der Waals surface area contributed by atoms with E-state index in [2.05, 4.69) is 30.0 Å². The molecule has 0 bridgehead atoms. The Morgan fingerprint density at radius 2 is 1.71 bits per heavy atom. The molecule has 4 heteroatoms. The van der Waals surface area contributed by atoms with Crippen molar-refractivity contribution in [2.45, 2.75) is 58.0 Å². The molecule has 2 N–H and O–H groups in total. The van der Waals surface area contributed by atoms with Gasteiger partial charge in [-0.05, 0) is 38.5 Å². The van der Waals surface area contributed by atoms with E-state index >= 15 is 0 Å². The van der Waals surface area contributed by atoms with Crippen LogP contribution in [0, 0.1) is 0 Å². The maximum absolute atomic E-state index is 10.3. The average Bonchev–Trinajstić information content (AvgIpc) is 2.57. The van der Waals surface area contributed by atoms with Gasteiger partial charge in [-0.15, -0.1) is 0 Å². The van der Waals surface area contributed by atoms with Gasteiger partial charge in [-0.1, -0.05) is 67.7 Å². The highest BCUT2D eigenvalue weighted by Crippen LogP contribution is 2.02. The molecule has 0 saturated heterocycles. The number of rotatable bonds is 14. The predicted octanol–water partition coefficient (Wildman–Crippen LogP) is 5.46. The molecule has 0 radical (unpaired) electrons. The van der Waals surface area contributed by atoms with Crippen molar-refractivity contribution >= 4 is 5.97 Å². The Bertz CT molecular complexity index is 445. The van der Waals surface area contributed by atoms with Gasteiger partial charge in [0, 0.05) is 6.42 Å². The molecule has 1 atom stereocenters. The average molecular weight is 334 g/mol. The fraction of sp³-hybridized carbons (Fsp3) is 0.450. The van der Waals surface area contributed by atoms with Gasteiger partial charge in [-0.2, -0.15) is 0 Å². The van der Waals surface area contributed by atoms with Crippen LogP contribution in [0.25, 0.3) is 0 Å². The maximum Gasteiger partial charge on any atom is 0.303 e. The lowest BCUT2D eigenvalue weighted by Gasteiger charge is -2.03. The first-order valence-electron chi connectivity index (χ1n) is 8.51. The van der Waals surface area contributed by atoms with Crippen LogP contribution in [0.1, 0.15) is 51.9 Å². The Balaban J connectivity index is 3.85. The van der Waals surface area contributed by atoms with Gasteiger partial charge < -0.3 is 5.11 Å². The quantitative estimate of drug-likeness (QED) is 0.145. The van der Waals surface area contributed by atoms with Crippen LogP contribution in [0.15, 0.2) is 60.8 Å². The molecule has 0 rings (SSSR count). The Kier molecular flexibility index (Phi) is 16.1. The first kappa shape index (κ1) is 22.1. The number of hydrogen-bond donors (Lipinski definition) is 2. The molecular weight excluding hydrogens is 304 g/mol. The third-order valence-electron chi connectivity index (χ3n) is 3.12. The third kappa shape index (κ3) is 16.5. The smallest absolute Gasteiger partial charge is 0.303 e. The number of unbranched alkanes of at least 4 members (excludes halogenated alkanes) is 1. The first-order valence-corrected chi connectivity index (χ1v) is 8.51. The number of carboxylic acids is 1. The van der Waals surface area contributed by atoms with Gasteiger partial charge in [0.1, 0.15) is 6.10 Å². The van der Waals surface area contributed by atoms with E-state index < -0.39 is 5.97 Å². The number of hydrogen-bond acceptors (Lipinski definition) is 3. The third-order valence-corrected chi connectivity index (χ3v) is 3.12. The molecule has 0 aliphatic heterocycles. The summed E-state index contributed by atoms with van der Waals surface area (Å²) in [6.45, 7) is 2.10. The molecule has 4 nitrogen and oxygen atoms in total. The second kappa shape index (κ2) is 17.4.